The van der Waals surface area contributed by atoms with Gasteiger partial charge >= 0.3 is 0 Å². The van der Waals surface area contributed by atoms with Crippen LogP contribution in [0.3, 0.4) is 0 Å². The van der Waals surface area contributed by atoms with Gasteiger partial charge in [-0.05, 0) is 10.8 Å². The van der Waals surface area contributed by atoms with Crippen molar-refractivity contribution in [2.24, 2.45) is 23.8 Å². The normalized spacial score (nSPS) is 20.2. The average Bonchev–Trinajstić information content (AvgIpc) is 2.54. The molecule has 1 saturated carbocycles. The number of aryl methyl sites for hydroxylation is 1. The third kappa shape index (κ3) is 1.52. The summed E-state index contributed by atoms with van der Waals surface area (Å²) in [6.45, 7) is 8.36. The number of nitrogens with zero attached hydrogens (tertiary/aromatic N) is 3. The molecule has 1 heterocycles. The second-order valence-electron chi connectivity index (χ2n) is 6.01. The first-order valence-electron chi connectivity index (χ1n) is 5.96. The highest BCUT2D eigenvalue weighted by molar-refractivity contribution is 5.96. The Morgan fingerprint density at radius 3 is 2.44 bits per heavy atom. The van der Waals surface area contributed by atoms with Crippen LogP contribution in [0.1, 0.15) is 33.3 Å². The summed E-state index contributed by atoms with van der Waals surface area (Å²) in [6, 6.07) is 2.02. The Balaban J connectivity index is 2.20. The molecule has 5 nitrogen and oxygen atoms in total. The van der Waals surface area contributed by atoms with Crippen LogP contribution in [0, 0.1) is 28.1 Å². The number of nitrogens with one attached hydrogen (secondary N) is 1. The molecule has 0 radical (unpaired) electrons. The van der Waals surface area contributed by atoms with Crippen molar-refractivity contribution in [1.29, 1.82) is 5.26 Å². The van der Waals surface area contributed by atoms with E-state index >= 15 is 0 Å². The molecule has 1 fully saturated rings. The van der Waals surface area contributed by atoms with E-state index in [1.165, 1.54) is 10.9 Å². The fourth-order valence-electron chi connectivity index (χ4n) is 2.71. The third-order valence-corrected chi connectivity index (χ3v) is 4.58. The van der Waals surface area contributed by atoms with Crippen molar-refractivity contribution >= 4 is 11.7 Å². The van der Waals surface area contributed by atoms with Crippen molar-refractivity contribution in [3.63, 3.8) is 0 Å². The number of anilines is 1. The van der Waals surface area contributed by atoms with Crippen molar-refractivity contribution in [3.8, 4) is 6.07 Å². The third-order valence-electron chi connectivity index (χ3n) is 4.58. The first-order valence-corrected chi connectivity index (χ1v) is 5.96. The molecule has 0 saturated heterocycles. The van der Waals surface area contributed by atoms with Crippen molar-refractivity contribution in [2.75, 3.05) is 5.32 Å². The van der Waals surface area contributed by atoms with Gasteiger partial charge in [-0.25, -0.2) is 0 Å². The lowest BCUT2D eigenvalue weighted by Gasteiger charge is -2.07. The molecule has 5 heteroatoms. The fraction of sp³-hybridized carbons (Fsp3) is 0.615. The highest BCUT2D eigenvalue weighted by Crippen LogP contribution is 2.68. The molecule has 2 rings (SSSR count). The molecule has 1 aromatic rings. The topological polar surface area (TPSA) is 70.7 Å². The Bertz CT molecular complexity index is 534. The Morgan fingerprint density at radius 2 is 2.00 bits per heavy atom. The van der Waals surface area contributed by atoms with Gasteiger partial charge in [0, 0.05) is 13.0 Å². The van der Waals surface area contributed by atoms with Gasteiger partial charge in [0.2, 0.25) is 5.91 Å². The Kier molecular flexibility index (Phi) is 2.51. The van der Waals surface area contributed by atoms with Crippen LogP contribution in [0.15, 0.2) is 6.20 Å². The van der Waals surface area contributed by atoms with Crippen LogP contribution in [-0.2, 0) is 11.8 Å². The second kappa shape index (κ2) is 3.58. The number of amides is 1. The summed E-state index contributed by atoms with van der Waals surface area (Å²) >= 11 is 0. The molecule has 1 amide bonds. The summed E-state index contributed by atoms with van der Waals surface area (Å²) in [5.41, 5.74) is 0.368. The predicted molar refractivity (Wildman–Crippen MR) is 67.6 cm³/mol. The summed E-state index contributed by atoms with van der Waals surface area (Å²) in [6.07, 6.45) is 1.46. The highest BCUT2D eigenvalue weighted by atomic mass is 16.2. The van der Waals surface area contributed by atoms with E-state index < -0.39 is 0 Å². The summed E-state index contributed by atoms with van der Waals surface area (Å²) in [7, 11) is 1.71. The minimum absolute atomic E-state index is 0.0114. The van der Waals surface area contributed by atoms with Gasteiger partial charge in [0.05, 0.1) is 6.20 Å². The molecule has 1 aliphatic rings. The molecule has 1 N–H and O–H groups in total. The van der Waals surface area contributed by atoms with Crippen LogP contribution < -0.4 is 5.32 Å². The van der Waals surface area contributed by atoms with Gasteiger partial charge in [0.25, 0.3) is 0 Å². The van der Waals surface area contributed by atoms with Crippen LogP contribution in [0.5, 0.6) is 0 Å². The smallest absolute Gasteiger partial charge is 0.229 e. The molecule has 0 atom stereocenters. The Hall–Kier alpha value is -1.83. The quantitative estimate of drug-likeness (QED) is 0.866. The lowest BCUT2D eigenvalue weighted by molar-refractivity contribution is -0.118. The molecule has 0 aliphatic heterocycles. The van der Waals surface area contributed by atoms with E-state index in [-0.39, 0.29) is 22.7 Å². The molecule has 0 unspecified atom stereocenters. The predicted octanol–water partition coefficient (Wildman–Crippen LogP) is 1.91. The summed E-state index contributed by atoms with van der Waals surface area (Å²) in [5, 5.41) is 15.7. The number of aromatic nitrogens is 2. The highest BCUT2D eigenvalue weighted by Gasteiger charge is 2.68. The van der Waals surface area contributed by atoms with E-state index in [1.54, 1.807) is 7.05 Å². The zero-order chi connectivity index (χ0) is 13.7. The van der Waals surface area contributed by atoms with Crippen molar-refractivity contribution in [2.45, 2.75) is 27.7 Å². The molecule has 0 aromatic carbocycles. The number of nitriles is 1. The number of carbonyl (C=O) groups excluding carboxylic acids is 1. The molecule has 1 aromatic heterocycles. The van der Waals surface area contributed by atoms with E-state index in [9.17, 15) is 4.79 Å². The first kappa shape index (κ1) is 12.6. The van der Waals surface area contributed by atoms with Crippen molar-refractivity contribution < 1.29 is 4.79 Å². The average molecular weight is 246 g/mol. The van der Waals surface area contributed by atoms with Gasteiger partial charge in [-0.2, -0.15) is 10.4 Å². The number of hydrogen-bond acceptors (Lipinski definition) is 3. The van der Waals surface area contributed by atoms with Crippen LogP contribution in [0.4, 0.5) is 5.82 Å². The second-order valence-corrected chi connectivity index (χ2v) is 6.01. The standard InChI is InChI=1S/C13H18N4O/c1-12(2)9(13(12,3)4)11(18)16-10-8(6-14)7-15-17(10)5/h7,9H,1-5H3,(H,16,18). The van der Waals surface area contributed by atoms with Gasteiger partial charge in [-0.15, -0.1) is 0 Å². The molecule has 1 aliphatic carbocycles. The Morgan fingerprint density at radius 1 is 1.44 bits per heavy atom. The molecule has 0 bridgehead atoms. The lowest BCUT2D eigenvalue weighted by atomic mass is 10.0. The first-order chi connectivity index (χ1) is 8.23. The van der Waals surface area contributed by atoms with Gasteiger partial charge in [-0.3, -0.25) is 9.48 Å². The molecule has 0 spiro atoms. The zero-order valence-corrected chi connectivity index (χ0v) is 11.4. The molecule has 96 valence electrons. The maximum Gasteiger partial charge on any atom is 0.229 e. The van der Waals surface area contributed by atoms with Crippen molar-refractivity contribution in [3.05, 3.63) is 11.8 Å². The minimum atomic E-state index is -0.0369. The van der Waals surface area contributed by atoms with E-state index in [1.807, 2.05) is 6.07 Å². The van der Waals surface area contributed by atoms with E-state index in [4.69, 9.17) is 5.26 Å². The van der Waals surface area contributed by atoms with Crippen LogP contribution in [0.2, 0.25) is 0 Å². The van der Waals surface area contributed by atoms with Crippen LogP contribution in [0.25, 0.3) is 0 Å². The van der Waals surface area contributed by atoms with Crippen LogP contribution >= 0.6 is 0 Å². The number of rotatable bonds is 2. The van der Waals surface area contributed by atoms with E-state index in [2.05, 4.69) is 38.1 Å². The van der Waals surface area contributed by atoms with E-state index in [0.717, 1.165) is 0 Å². The summed E-state index contributed by atoms with van der Waals surface area (Å²) < 4.78 is 1.51. The molecule has 18 heavy (non-hydrogen) atoms. The van der Waals surface area contributed by atoms with Crippen molar-refractivity contribution in [1.82, 2.24) is 9.78 Å². The Labute approximate surface area is 107 Å². The van der Waals surface area contributed by atoms with Gasteiger partial charge in [0.1, 0.15) is 17.5 Å². The van der Waals surface area contributed by atoms with Gasteiger partial charge in [-0.1, -0.05) is 27.7 Å². The summed E-state index contributed by atoms with van der Waals surface area (Å²) in [4.78, 5) is 12.3. The zero-order valence-electron chi connectivity index (χ0n) is 11.4. The van der Waals surface area contributed by atoms with Gasteiger partial charge < -0.3 is 5.32 Å². The maximum absolute atomic E-state index is 12.3. The van der Waals surface area contributed by atoms with Crippen LogP contribution in [-0.4, -0.2) is 15.7 Å². The maximum atomic E-state index is 12.3. The fourth-order valence-corrected chi connectivity index (χ4v) is 2.71. The monoisotopic (exact) mass is 246 g/mol. The largest absolute Gasteiger partial charge is 0.310 e. The SMILES string of the molecule is Cn1ncc(C#N)c1NC(=O)C1C(C)(C)C1(C)C. The number of carbonyl (C=O) groups is 1. The number of hydrogen-bond donors (Lipinski definition) is 1. The molecular weight excluding hydrogens is 228 g/mol. The molecular formula is C13H18N4O. The minimum Gasteiger partial charge on any atom is -0.310 e. The van der Waals surface area contributed by atoms with Gasteiger partial charge in [0.15, 0.2) is 0 Å². The summed E-state index contributed by atoms with van der Waals surface area (Å²) in [5.74, 6) is 0.401. The van der Waals surface area contributed by atoms with E-state index in [0.29, 0.717) is 11.4 Å². The lowest BCUT2D eigenvalue weighted by Crippen LogP contribution is -2.20.